The maximum absolute atomic E-state index is 12.4. The fourth-order valence-electron chi connectivity index (χ4n) is 2.31. The molecule has 0 saturated carbocycles. The minimum Gasteiger partial charge on any atom is -0.497 e. The van der Waals surface area contributed by atoms with Gasteiger partial charge in [0.15, 0.2) is 5.78 Å². The molecule has 2 rings (SSSR count). The molecule has 0 aliphatic heterocycles. The van der Waals surface area contributed by atoms with E-state index in [1.807, 2.05) is 31.2 Å². The highest BCUT2D eigenvalue weighted by Gasteiger charge is 2.11. The van der Waals surface area contributed by atoms with Crippen LogP contribution in [0.3, 0.4) is 0 Å². The largest absolute Gasteiger partial charge is 0.497 e. The van der Waals surface area contributed by atoms with E-state index >= 15 is 0 Å². The Hall–Kier alpha value is -2.49. The molecule has 0 unspecified atom stereocenters. The summed E-state index contributed by atoms with van der Waals surface area (Å²) in [7, 11) is 4.80. The van der Waals surface area contributed by atoms with Crippen LogP contribution in [0.25, 0.3) is 0 Å². The molecule has 0 amide bonds. The van der Waals surface area contributed by atoms with Crippen molar-refractivity contribution in [2.24, 2.45) is 0 Å². The van der Waals surface area contributed by atoms with E-state index in [1.54, 1.807) is 33.5 Å². The Balaban J connectivity index is 2.23. The van der Waals surface area contributed by atoms with Crippen LogP contribution in [0.2, 0.25) is 0 Å². The second-order valence-electron chi connectivity index (χ2n) is 5.01. The number of carbonyl (C=O) groups is 1. The molecule has 2 aromatic carbocycles. The molecule has 0 radical (unpaired) electrons. The summed E-state index contributed by atoms with van der Waals surface area (Å²) in [6, 6.07) is 10.9. The van der Waals surface area contributed by atoms with Crippen LogP contribution in [0.1, 0.15) is 21.5 Å². The van der Waals surface area contributed by atoms with Crippen LogP contribution in [0.4, 0.5) is 0 Å². The van der Waals surface area contributed by atoms with Crippen molar-refractivity contribution in [2.45, 2.75) is 13.3 Å². The summed E-state index contributed by atoms with van der Waals surface area (Å²) < 4.78 is 15.7. The van der Waals surface area contributed by atoms with Gasteiger partial charge in [0.25, 0.3) is 0 Å². The Morgan fingerprint density at radius 3 is 2.05 bits per heavy atom. The first-order valence-corrected chi connectivity index (χ1v) is 6.97. The SMILES string of the molecule is COc1cc(CC(=O)c2ccc(OC)c(C)c2)cc(OC)c1. The van der Waals surface area contributed by atoms with Crippen molar-refractivity contribution in [1.29, 1.82) is 0 Å². The van der Waals surface area contributed by atoms with Crippen molar-refractivity contribution < 1.29 is 19.0 Å². The van der Waals surface area contributed by atoms with Gasteiger partial charge >= 0.3 is 0 Å². The van der Waals surface area contributed by atoms with E-state index in [0.29, 0.717) is 23.5 Å². The Morgan fingerprint density at radius 2 is 1.55 bits per heavy atom. The molecule has 116 valence electrons. The van der Waals surface area contributed by atoms with E-state index in [0.717, 1.165) is 16.9 Å². The number of methoxy groups -OCH3 is 3. The van der Waals surface area contributed by atoms with Gasteiger partial charge in [0.2, 0.25) is 0 Å². The molecule has 0 N–H and O–H groups in total. The summed E-state index contributed by atoms with van der Waals surface area (Å²) in [4.78, 5) is 12.4. The third-order valence-electron chi connectivity index (χ3n) is 3.49. The molecule has 0 heterocycles. The quantitative estimate of drug-likeness (QED) is 0.767. The summed E-state index contributed by atoms with van der Waals surface area (Å²) in [6.07, 6.45) is 0.291. The zero-order chi connectivity index (χ0) is 16.1. The molecule has 0 aliphatic rings. The first kappa shape index (κ1) is 15.9. The fraction of sp³-hybridized carbons (Fsp3) is 0.278. The summed E-state index contributed by atoms with van der Waals surface area (Å²) >= 11 is 0. The van der Waals surface area contributed by atoms with Crippen molar-refractivity contribution in [3.63, 3.8) is 0 Å². The van der Waals surface area contributed by atoms with Gasteiger partial charge in [-0.3, -0.25) is 4.79 Å². The molecular weight excluding hydrogens is 280 g/mol. The van der Waals surface area contributed by atoms with E-state index in [2.05, 4.69) is 0 Å². The van der Waals surface area contributed by atoms with Crippen molar-refractivity contribution in [2.75, 3.05) is 21.3 Å². The van der Waals surface area contributed by atoms with Gasteiger partial charge in [0.1, 0.15) is 17.2 Å². The number of Topliss-reactive ketones (excluding diaryl/α,β-unsaturated/α-hetero) is 1. The highest BCUT2D eigenvalue weighted by molar-refractivity contribution is 5.97. The van der Waals surface area contributed by atoms with Gasteiger partial charge in [-0.2, -0.15) is 0 Å². The smallest absolute Gasteiger partial charge is 0.167 e. The van der Waals surface area contributed by atoms with E-state index in [1.165, 1.54) is 0 Å². The zero-order valence-corrected chi connectivity index (χ0v) is 13.3. The zero-order valence-electron chi connectivity index (χ0n) is 13.3. The van der Waals surface area contributed by atoms with E-state index in [9.17, 15) is 4.79 Å². The molecule has 0 spiro atoms. The summed E-state index contributed by atoms with van der Waals surface area (Å²) in [6.45, 7) is 1.92. The molecule has 22 heavy (non-hydrogen) atoms. The number of aryl methyl sites for hydroxylation is 1. The number of benzene rings is 2. The van der Waals surface area contributed by atoms with Crippen LogP contribution in [0.15, 0.2) is 36.4 Å². The van der Waals surface area contributed by atoms with Crippen molar-refractivity contribution >= 4 is 5.78 Å². The van der Waals surface area contributed by atoms with Crippen molar-refractivity contribution in [3.8, 4) is 17.2 Å². The highest BCUT2D eigenvalue weighted by atomic mass is 16.5. The van der Waals surface area contributed by atoms with Crippen LogP contribution >= 0.6 is 0 Å². The Bertz CT molecular complexity index is 655. The molecule has 0 bridgehead atoms. The fourth-order valence-corrected chi connectivity index (χ4v) is 2.31. The first-order chi connectivity index (χ1) is 10.6. The van der Waals surface area contributed by atoms with Gasteiger partial charge in [0.05, 0.1) is 21.3 Å². The van der Waals surface area contributed by atoms with E-state index in [4.69, 9.17) is 14.2 Å². The molecule has 4 nitrogen and oxygen atoms in total. The van der Waals surface area contributed by atoms with Crippen LogP contribution in [0.5, 0.6) is 17.2 Å². The van der Waals surface area contributed by atoms with E-state index < -0.39 is 0 Å². The topological polar surface area (TPSA) is 44.8 Å². The minimum absolute atomic E-state index is 0.0426. The van der Waals surface area contributed by atoms with Crippen LogP contribution in [-0.4, -0.2) is 27.1 Å². The predicted molar refractivity (Wildman–Crippen MR) is 85.3 cm³/mol. The average molecular weight is 300 g/mol. The molecule has 0 aliphatic carbocycles. The molecule has 0 saturated heterocycles. The summed E-state index contributed by atoms with van der Waals surface area (Å²) in [5.74, 6) is 2.17. The lowest BCUT2D eigenvalue weighted by atomic mass is 10.0. The molecular formula is C18H20O4. The molecule has 0 atom stereocenters. The third-order valence-corrected chi connectivity index (χ3v) is 3.49. The lowest BCUT2D eigenvalue weighted by Gasteiger charge is -2.09. The lowest BCUT2D eigenvalue weighted by Crippen LogP contribution is -2.05. The van der Waals surface area contributed by atoms with Gasteiger partial charge in [-0.05, 0) is 48.4 Å². The number of ether oxygens (including phenoxy) is 3. The Kier molecular flexibility index (Phi) is 5.04. The number of ketones is 1. The molecule has 4 heteroatoms. The summed E-state index contributed by atoms with van der Waals surface area (Å²) in [5, 5.41) is 0. The lowest BCUT2D eigenvalue weighted by molar-refractivity contribution is 0.0993. The number of carbonyl (C=O) groups excluding carboxylic acids is 1. The number of rotatable bonds is 6. The van der Waals surface area contributed by atoms with Crippen LogP contribution in [0, 0.1) is 6.92 Å². The van der Waals surface area contributed by atoms with Crippen LogP contribution < -0.4 is 14.2 Å². The average Bonchev–Trinajstić information content (AvgIpc) is 2.54. The second kappa shape index (κ2) is 6.98. The van der Waals surface area contributed by atoms with Crippen molar-refractivity contribution in [1.82, 2.24) is 0 Å². The van der Waals surface area contributed by atoms with Gasteiger partial charge < -0.3 is 14.2 Å². The first-order valence-electron chi connectivity index (χ1n) is 6.97. The molecule has 0 aromatic heterocycles. The van der Waals surface area contributed by atoms with Gasteiger partial charge in [-0.1, -0.05) is 0 Å². The van der Waals surface area contributed by atoms with Crippen molar-refractivity contribution in [3.05, 3.63) is 53.1 Å². The third kappa shape index (κ3) is 3.58. The second-order valence-corrected chi connectivity index (χ2v) is 5.01. The Labute approximate surface area is 130 Å². The summed E-state index contributed by atoms with van der Waals surface area (Å²) in [5.41, 5.74) is 2.46. The minimum atomic E-state index is 0.0426. The van der Waals surface area contributed by atoms with E-state index in [-0.39, 0.29) is 5.78 Å². The van der Waals surface area contributed by atoms with Gasteiger partial charge in [-0.15, -0.1) is 0 Å². The monoisotopic (exact) mass is 300 g/mol. The normalized spacial score (nSPS) is 10.2. The van der Waals surface area contributed by atoms with Gasteiger partial charge in [-0.25, -0.2) is 0 Å². The maximum atomic E-state index is 12.4. The number of hydrogen-bond acceptors (Lipinski definition) is 4. The predicted octanol–water partition coefficient (Wildman–Crippen LogP) is 3.45. The van der Waals surface area contributed by atoms with Gasteiger partial charge in [0, 0.05) is 18.1 Å². The highest BCUT2D eigenvalue weighted by Crippen LogP contribution is 2.24. The van der Waals surface area contributed by atoms with Crippen LogP contribution in [-0.2, 0) is 6.42 Å². The molecule has 0 fully saturated rings. The number of hydrogen-bond donors (Lipinski definition) is 0. The Morgan fingerprint density at radius 1 is 0.909 bits per heavy atom. The molecule has 2 aromatic rings. The standard InChI is InChI=1S/C18H20O4/c1-12-7-14(5-6-18(12)22-4)17(19)10-13-8-15(20-2)11-16(9-13)21-3/h5-9,11H,10H2,1-4H3. The maximum Gasteiger partial charge on any atom is 0.167 e.